The number of hydrogen-bond donors (Lipinski definition) is 1. The smallest absolute Gasteiger partial charge is 0.146 e. The van der Waals surface area contributed by atoms with Crippen molar-refractivity contribution in [3.8, 4) is 0 Å². The highest BCUT2D eigenvalue weighted by atomic mass is 35.5. The molecule has 2 nitrogen and oxygen atoms in total. The number of halogens is 2. The Hall–Kier alpha value is -1.74. The van der Waals surface area contributed by atoms with Crippen LogP contribution in [-0.2, 0) is 13.0 Å². The van der Waals surface area contributed by atoms with Crippen molar-refractivity contribution in [1.29, 1.82) is 0 Å². The Labute approximate surface area is 124 Å². The van der Waals surface area contributed by atoms with E-state index in [0.29, 0.717) is 6.54 Å². The topological polar surface area (TPSA) is 29.3 Å². The van der Waals surface area contributed by atoms with Gasteiger partial charge in [-0.25, -0.2) is 4.39 Å². The Morgan fingerprint density at radius 1 is 1.15 bits per heavy atom. The third-order valence-electron chi connectivity index (χ3n) is 3.59. The first-order chi connectivity index (χ1) is 9.24. The fourth-order valence-electron chi connectivity index (χ4n) is 2.76. The molecule has 0 bridgehead atoms. The van der Waals surface area contributed by atoms with Crippen LogP contribution in [0, 0.1) is 5.82 Å². The van der Waals surface area contributed by atoms with E-state index in [-0.39, 0.29) is 18.2 Å². The molecule has 0 unspecified atom stereocenters. The summed E-state index contributed by atoms with van der Waals surface area (Å²) in [7, 11) is 0. The summed E-state index contributed by atoms with van der Waals surface area (Å²) < 4.78 is 14.0. The van der Waals surface area contributed by atoms with Gasteiger partial charge in [0, 0.05) is 18.8 Å². The monoisotopic (exact) mass is 292 g/mol. The lowest BCUT2D eigenvalue weighted by molar-refractivity contribution is 0.595. The molecule has 1 aliphatic heterocycles. The van der Waals surface area contributed by atoms with Crippen molar-refractivity contribution in [2.75, 3.05) is 17.2 Å². The van der Waals surface area contributed by atoms with Crippen LogP contribution in [0.15, 0.2) is 42.5 Å². The zero-order valence-electron chi connectivity index (χ0n) is 11.2. The van der Waals surface area contributed by atoms with Gasteiger partial charge in [-0.1, -0.05) is 24.3 Å². The highest BCUT2D eigenvalue weighted by Gasteiger charge is 2.20. The fraction of sp³-hybridized carbons (Fsp3) is 0.250. The largest absolute Gasteiger partial charge is 0.399 e. The van der Waals surface area contributed by atoms with Crippen LogP contribution in [0.1, 0.15) is 17.5 Å². The number of benzene rings is 2. The fourth-order valence-corrected chi connectivity index (χ4v) is 2.76. The van der Waals surface area contributed by atoms with Crippen molar-refractivity contribution in [3.05, 3.63) is 59.4 Å². The molecular formula is C16H18ClFN2. The number of aryl methyl sites for hydroxylation is 1. The molecule has 0 atom stereocenters. The van der Waals surface area contributed by atoms with Gasteiger partial charge in [0.05, 0.1) is 5.69 Å². The predicted octanol–water partition coefficient (Wildman–Crippen LogP) is 3.78. The van der Waals surface area contributed by atoms with Gasteiger partial charge < -0.3 is 10.6 Å². The van der Waals surface area contributed by atoms with E-state index in [1.807, 2.05) is 30.3 Å². The molecule has 1 heterocycles. The van der Waals surface area contributed by atoms with Gasteiger partial charge in [0.1, 0.15) is 5.82 Å². The summed E-state index contributed by atoms with van der Waals surface area (Å²) in [4.78, 5) is 2.11. The van der Waals surface area contributed by atoms with Crippen molar-refractivity contribution in [1.82, 2.24) is 0 Å². The lowest BCUT2D eigenvalue weighted by Crippen LogP contribution is -2.29. The summed E-state index contributed by atoms with van der Waals surface area (Å²) in [5, 5.41) is 0. The average molecular weight is 293 g/mol. The minimum atomic E-state index is -0.124. The zero-order valence-corrected chi connectivity index (χ0v) is 12.0. The van der Waals surface area contributed by atoms with Crippen LogP contribution in [0.5, 0.6) is 0 Å². The van der Waals surface area contributed by atoms with Crippen LogP contribution < -0.4 is 10.6 Å². The summed E-state index contributed by atoms with van der Waals surface area (Å²) >= 11 is 0. The Morgan fingerprint density at radius 3 is 2.75 bits per heavy atom. The minimum Gasteiger partial charge on any atom is -0.399 e. The average Bonchev–Trinajstić information content (AvgIpc) is 2.39. The quantitative estimate of drug-likeness (QED) is 0.854. The highest BCUT2D eigenvalue weighted by molar-refractivity contribution is 5.85. The lowest BCUT2D eigenvalue weighted by atomic mass is 10.0. The standard InChI is InChI=1S/C16H17FN2.ClH/c17-15-8-2-5-13-6-3-9-19(16(13)15)11-12-4-1-7-14(18)10-12;/h1-2,4-5,7-8,10H,3,6,9,11,18H2;1H. The van der Waals surface area contributed by atoms with E-state index < -0.39 is 0 Å². The molecule has 1 aliphatic rings. The summed E-state index contributed by atoms with van der Waals surface area (Å²) in [6, 6.07) is 13.1. The maximum absolute atomic E-state index is 14.0. The summed E-state index contributed by atoms with van der Waals surface area (Å²) in [6.45, 7) is 1.60. The second-order valence-corrected chi connectivity index (χ2v) is 5.02. The van der Waals surface area contributed by atoms with Crippen LogP contribution in [0.25, 0.3) is 0 Å². The van der Waals surface area contributed by atoms with E-state index in [2.05, 4.69) is 4.90 Å². The molecule has 2 aromatic carbocycles. The molecule has 0 saturated heterocycles. The second-order valence-electron chi connectivity index (χ2n) is 5.02. The highest BCUT2D eigenvalue weighted by Crippen LogP contribution is 2.31. The van der Waals surface area contributed by atoms with Gasteiger partial charge in [0.25, 0.3) is 0 Å². The van der Waals surface area contributed by atoms with Crippen molar-refractivity contribution in [2.24, 2.45) is 0 Å². The zero-order chi connectivity index (χ0) is 13.2. The van der Waals surface area contributed by atoms with Gasteiger partial charge in [-0.15, -0.1) is 12.4 Å². The van der Waals surface area contributed by atoms with E-state index in [1.165, 1.54) is 6.07 Å². The van der Waals surface area contributed by atoms with Gasteiger partial charge in [0.15, 0.2) is 0 Å². The molecule has 0 fully saturated rings. The van der Waals surface area contributed by atoms with Crippen molar-refractivity contribution in [2.45, 2.75) is 19.4 Å². The van der Waals surface area contributed by atoms with Gasteiger partial charge in [0.2, 0.25) is 0 Å². The Bertz CT molecular complexity index is 601. The third kappa shape index (κ3) is 2.88. The van der Waals surface area contributed by atoms with Gasteiger partial charge >= 0.3 is 0 Å². The lowest BCUT2D eigenvalue weighted by Gasteiger charge is -2.31. The van der Waals surface area contributed by atoms with Gasteiger partial charge in [-0.3, -0.25) is 0 Å². The van der Waals surface area contributed by atoms with Crippen molar-refractivity contribution in [3.63, 3.8) is 0 Å². The number of para-hydroxylation sites is 1. The van der Waals surface area contributed by atoms with Gasteiger partial charge in [-0.2, -0.15) is 0 Å². The van der Waals surface area contributed by atoms with Crippen LogP contribution in [0.2, 0.25) is 0 Å². The number of rotatable bonds is 2. The predicted molar refractivity (Wildman–Crippen MR) is 83.9 cm³/mol. The SMILES string of the molecule is Cl.Nc1cccc(CN2CCCc3cccc(F)c32)c1. The number of anilines is 2. The maximum Gasteiger partial charge on any atom is 0.146 e. The molecule has 0 amide bonds. The molecule has 2 aromatic rings. The molecular weight excluding hydrogens is 275 g/mol. The molecule has 2 N–H and O–H groups in total. The van der Waals surface area contributed by atoms with Crippen LogP contribution >= 0.6 is 12.4 Å². The summed E-state index contributed by atoms with van der Waals surface area (Å²) in [5.41, 5.74) is 9.54. The maximum atomic E-state index is 14.0. The van der Waals surface area contributed by atoms with Crippen molar-refractivity contribution < 1.29 is 4.39 Å². The first-order valence-corrected chi connectivity index (χ1v) is 6.61. The summed E-state index contributed by atoms with van der Waals surface area (Å²) in [5.74, 6) is -0.124. The summed E-state index contributed by atoms with van der Waals surface area (Å²) in [6.07, 6.45) is 2.03. The van der Waals surface area contributed by atoms with Gasteiger partial charge in [-0.05, 0) is 42.2 Å². The molecule has 4 heteroatoms. The normalized spacial score (nSPS) is 13.6. The Kier molecular flexibility index (Phi) is 4.50. The minimum absolute atomic E-state index is 0. The van der Waals surface area contributed by atoms with E-state index in [1.54, 1.807) is 6.07 Å². The van der Waals surface area contributed by atoms with Crippen LogP contribution in [-0.4, -0.2) is 6.54 Å². The molecule has 106 valence electrons. The number of nitrogen functional groups attached to an aromatic ring is 1. The van der Waals surface area contributed by atoms with E-state index in [0.717, 1.165) is 41.9 Å². The molecule has 0 aliphatic carbocycles. The van der Waals surface area contributed by atoms with Crippen LogP contribution in [0.4, 0.5) is 15.8 Å². The van der Waals surface area contributed by atoms with Crippen molar-refractivity contribution >= 4 is 23.8 Å². The second kappa shape index (κ2) is 6.14. The number of nitrogens with two attached hydrogens (primary N) is 1. The van der Waals surface area contributed by atoms with Crippen LogP contribution in [0.3, 0.4) is 0 Å². The molecule has 0 saturated carbocycles. The number of hydrogen-bond acceptors (Lipinski definition) is 2. The molecule has 0 spiro atoms. The van der Waals surface area contributed by atoms with E-state index in [4.69, 9.17) is 5.73 Å². The number of nitrogens with zero attached hydrogens (tertiary/aromatic N) is 1. The first kappa shape index (κ1) is 14.7. The molecule has 3 rings (SSSR count). The Morgan fingerprint density at radius 2 is 1.95 bits per heavy atom. The van der Waals surface area contributed by atoms with E-state index >= 15 is 0 Å². The Balaban J connectivity index is 0.00000147. The van der Waals surface area contributed by atoms with E-state index in [9.17, 15) is 4.39 Å². The first-order valence-electron chi connectivity index (χ1n) is 6.61. The molecule has 0 aromatic heterocycles. The molecule has 20 heavy (non-hydrogen) atoms. The molecule has 0 radical (unpaired) electrons. The third-order valence-corrected chi connectivity index (χ3v) is 3.59. The number of fused-ring (bicyclic) bond motifs is 1.